The highest BCUT2D eigenvalue weighted by Crippen LogP contribution is 2.41. The molecule has 0 bridgehead atoms. The highest BCUT2D eigenvalue weighted by molar-refractivity contribution is 5.95. The van der Waals surface area contributed by atoms with Gasteiger partial charge in [-0.25, -0.2) is 4.98 Å². The number of hydrogen-bond acceptors (Lipinski definition) is 3. The molecule has 0 radical (unpaired) electrons. The van der Waals surface area contributed by atoms with E-state index in [4.69, 9.17) is 4.98 Å². The molecule has 11 aromatic carbocycles. The maximum Gasteiger partial charge on any atom is 0.145 e. The second-order valence-electron chi connectivity index (χ2n) is 16.1. The van der Waals surface area contributed by atoms with Gasteiger partial charge in [-0.2, -0.15) is 0 Å². The van der Waals surface area contributed by atoms with Gasteiger partial charge in [0.05, 0.1) is 11.0 Å². The minimum Gasteiger partial charge on any atom is -0.310 e. The SMILES string of the molecule is c1ccc2cc(N(c3ccc(-c4nc5ccccc5n4-c4ccc(N(c5ccc6ccccc6c5)c5ccc6ccccc6c5)cc4)cc3)c3ccc4ccccc4c3)ccc2c1. The molecule has 0 spiro atoms. The van der Waals surface area contributed by atoms with Gasteiger partial charge in [0, 0.05) is 45.4 Å². The average Bonchev–Trinajstić information content (AvgIpc) is 3.74. The molecule has 0 fully saturated rings. The predicted molar refractivity (Wildman–Crippen MR) is 266 cm³/mol. The fraction of sp³-hybridized carbons (Fsp3) is 0. The highest BCUT2D eigenvalue weighted by atomic mass is 15.2. The molecular formula is C59H40N4. The Morgan fingerprint density at radius 3 is 1.03 bits per heavy atom. The molecule has 0 saturated heterocycles. The minimum atomic E-state index is 0.888. The third-order valence-corrected chi connectivity index (χ3v) is 12.3. The van der Waals surface area contributed by atoms with E-state index in [0.717, 1.165) is 62.2 Å². The summed E-state index contributed by atoms with van der Waals surface area (Å²) in [4.78, 5) is 9.97. The van der Waals surface area contributed by atoms with Gasteiger partial charge in [0.15, 0.2) is 0 Å². The fourth-order valence-corrected chi connectivity index (χ4v) is 9.15. The lowest BCUT2D eigenvalue weighted by atomic mass is 10.1. The Labute approximate surface area is 365 Å². The molecule has 0 saturated carbocycles. The largest absolute Gasteiger partial charge is 0.310 e. The normalized spacial score (nSPS) is 11.5. The van der Waals surface area contributed by atoms with Crippen LogP contribution in [0.25, 0.3) is 71.2 Å². The molecule has 4 nitrogen and oxygen atoms in total. The van der Waals surface area contributed by atoms with Crippen molar-refractivity contribution in [1.29, 1.82) is 0 Å². The lowest BCUT2D eigenvalue weighted by Crippen LogP contribution is -2.10. The lowest BCUT2D eigenvalue weighted by molar-refractivity contribution is 1.10. The summed E-state index contributed by atoms with van der Waals surface area (Å²) < 4.78 is 2.29. The molecule has 0 amide bonds. The molecule has 63 heavy (non-hydrogen) atoms. The van der Waals surface area contributed by atoms with Crippen LogP contribution in [0, 0.1) is 0 Å². The van der Waals surface area contributed by atoms with E-state index < -0.39 is 0 Å². The van der Waals surface area contributed by atoms with Crippen molar-refractivity contribution < 1.29 is 0 Å². The van der Waals surface area contributed by atoms with Gasteiger partial charge in [-0.3, -0.25) is 4.57 Å². The molecule has 1 heterocycles. The fourth-order valence-electron chi connectivity index (χ4n) is 9.15. The molecule has 4 heteroatoms. The Hall–Kier alpha value is -8.47. The Balaban J connectivity index is 0.950. The van der Waals surface area contributed by atoms with E-state index in [2.05, 4.69) is 257 Å². The monoisotopic (exact) mass is 804 g/mol. The first-order valence-electron chi connectivity index (χ1n) is 21.4. The van der Waals surface area contributed by atoms with Crippen LogP contribution in [0.4, 0.5) is 34.1 Å². The summed E-state index contributed by atoms with van der Waals surface area (Å²) in [6.07, 6.45) is 0. The maximum atomic E-state index is 5.27. The zero-order valence-electron chi connectivity index (χ0n) is 34.4. The number of benzene rings is 11. The van der Waals surface area contributed by atoms with Crippen LogP contribution >= 0.6 is 0 Å². The molecule has 0 aliphatic carbocycles. The molecule has 12 aromatic rings. The molecule has 0 aliphatic rings. The van der Waals surface area contributed by atoms with Gasteiger partial charge in [0.25, 0.3) is 0 Å². The lowest BCUT2D eigenvalue weighted by Gasteiger charge is -2.27. The van der Waals surface area contributed by atoms with Gasteiger partial charge in [0.1, 0.15) is 5.82 Å². The van der Waals surface area contributed by atoms with Crippen LogP contribution in [-0.2, 0) is 0 Å². The first kappa shape index (κ1) is 36.4. The quantitative estimate of drug-likeness (QED) is 0.153. The number of rotatable bonds is 8. The zero-order chi connectivity index (χ0) is 41.7. The second-order valence-corrected chi connectivity index (χ2v) is 16.1. The second kappa shape index (κ2) is 15.2. The highest BCUT2D eigenvalue weighted by Gasteiger charge is 2.19. The predicted octanol–water partition coefficient (Wildman–Crippen LogP) is 16.2. The van der Waals surface area contributed by atoms with E-state index in [1.165, 1.54) is 43.1 Å². The number of nitrogens with zero attached hydrogens (tertiary/aromatic N) is 4. The average molecular weight is 805 g/mol. The summed E-state index contributed by atoms with van der Waals surface area (Å²) in [7, 11) is 0. The van der Waals surface area contributed by atoms with Crippen molar-refractivity contribution in [2.75, 3.05) is 9.80 Å². The van der Waals surface area contributed by atoms with Crippen molar-refractivity contribution in [3.63, 3.8) is 0 Å². The molecule has 12 rings (SSSR count). The van der Waals surface area contributed by atoms with E-state index in [-0.39, 0.29) is 0 Å². The van der Waals surface area contributed by atoms with Crippen molar-refractivity contribution in [2.45, 2.75) is 0 Å². The van der Waals surface area contributed by atoms with Gasteiger partial charge < -0.3 is 9.80 Å². The first-order valence-corrected chi connectivity index (χ1v) is 21.4. The summed E-state index contributed by atoms with van der Waals surface area (Å²) in [5, 5.41) is 9.69. The molecule has 0 N–H and O–H groups in total. The summed E-state index contributed by atoms with van der Waals surface area (Å²) >= 11 is 0. The van der Waals surface area contributed by atoms with Crippen LogP contribution in [0.3, 0.4) is 0 Å². The van der Waals surface area contributed by atoms with Crippen molar-refractivity contribution in [1.82, 2.24) is 9.55 Å². The number of aromatic nitrogens is 2. The molecule has 0 aliphatic heterocycles. The van der Waals surface area contributed by atoms with Crippen molar-refractivity contribution >= 4 is 88.2 Å². The smallest absolute Gasteiger partial charge is 0.145 e. The Kier molecular flexibility index (Phi) is 8.79. The summed E-state index contributed by atoms with van der Waals surface area (Å²) in [6, 6.07) is 87.2. The summed E-state index contributed by atoms with van der Waals surface area (Å²) in [5.74, 6) is 0.888. The zero-order valence-corrected chi connectivity index (χ0v) is 34.4. The number of anilines is 6. The van der Waals surface area contributed by atoms with E-state index in [1.54, 1.807) is 0 Å². The van der Waals surface area contributed by atoms with E-state index >= 15 is 0 Å². The Morgan fingerprint density at radius 1 is 0.286 bits per heavy atom. The van der Waals surface area contributed by atoms with E-state index in [1.807, 2.05) is 0 Å². The Bertz CT molecular complexity index is 3480. The van der Waals surface area contributed by atoms with E-state index in [0.29, 0.717) is 0 Å². The van der Waals surface area contributed by atoms with Gasteiger partial charge in [-0.1, -0.05) is 133 Å². The van der Waals surface area contributed by atoms with Crippen molar-refractivity contribution in [3.05, 3.63) is 243 Å². The van der Waals surface area contributed by atoms with Crippen LogP contribution in [-0.4, -0.2) is 9.55 Å². The van der Waals surface area contributed by atoms with Gasteiger partial charge >= 0.3 is 0 Å². The number of para-hydroxylation sites is 2. The molecule has 1 aromatic heterocycles. The minimum absolute atomic E-state index is 0.888. The molecular weight excluding hydrogens is 765 g/mol. The standard InChI is InChI=1S/C59H40N4/c1-5-15-46-37-53(29-21-41(46)11-1)61(54-30-22-42-12-2-6-16-47(42)38-54)50-27-25-45(26-28-50)59-60-57-19-9-10-20-58(57)63(59)52-35-33-51(34-36-52)62(55-31-23-43-13-3-7-17-48(43)39-55)56-32-24-44-14-4-8-18-49(44)40-56/h1-40H. The van der Waals surface area contributed by atoms with Gasteiger partial charge in [-0.05, 0) is 152 Å². The van der Waals surface area contributed by atoms with Gasteiger partial charge in [0.2, 0.25) is 0 Å². The number of hydrogen-bond donors (Lipinski definition) is 0. The Morgan fingerprint density at radius 2 is 0.619 bits per heavy atom. The number of fused-ring (bicyclic) bond motifs is 5. The first-order chi connectivity index (χ1) is 31.2. The van der Waals surface area contributed by atoms with Crippen LogP contribution < -0.4 is 9.80 Å². The van der Waals surface area contributed by atoms with Crippen molar-refractivity contribution in [3.8, 4) is 17.1 Å². The van der Waals surface area contributed by atoms with Crippen LogP contribution in [0.5, 0.6) is 0 Å². The van der Waals surface area contributed by atoms with Crippen LogP contribution in [0.2, 0.25) is 0 Å². The topological polar surface area (TPSA) is 24.3 Å². The summed E-state index contributed by atoms with van der Waals surface area (Å²) in [6.45, 7) is 0. The summed E-state index contributed by atoms with van der Waals surface area (Å²) in [5.41, 5.74) is 10.6. The van der Waals surface area contributed by atoms with Gasteiger partial charge in [-0.15, -0.1) is 0 Å². The van der Waals surface area contributed by atoms with E-state index in [9.17, 15) is 0 Å². The molecule has 0 unspecified atom stereocenters. The maximum absolute atomic E-state index is 5.27. The number of imidazole rings is 1. The van der Waals surface area contributed by atoms with Crippen LogP contribution in [0.15, 0.2) is 243 Å². The third kappa shape index (κ3) is 6.62. The molecule has 296 valence electrons. The third-order valence-electron chi connectivity index (χ3n) is 12.3. The molecule has 0 atom stereocenters. The van der Waals surface area contributed by atoms with Crippen LogP contribution in [0.1, 0.15) is 0 Å². The van der Waals surface area contributed by atoms with Crippen molar-refractivity contribution in [2.24, 2.45) is 0 Å².